The molecule has 1 aromatic rings. The van der Waals surface area contributed by atoms with Crippen molar-refractivity contribution in [3.05, 3.63) is 24.3 Å². The Morgan fingerprint density at radius 2 is 1.03 bits per heavy atom. The molecule has 2 saturated heterocycles. The highest BCUT2D eigenvalue weighted by Gasteiger charge is 2.25. The van der Waals surface area contributed by atoms with Crippen LogP contribution in [0.15, 0.2) is 24.3 Å². The molecule has 0 aliphatic carbocycles. The van der Waals surface area contributed by atoms with Crippen molar-refractivity contribution in [3.63, 3.8) is 0 Å². The molecule has 2 heterocycles. The van der Waals surface area contributed by atoms with Crippen molar-refractivity contribution >= 4 is 0 Å². The molecular formula is C24H40N2O6. The van der Waals surface area contributed by atoms with Gasteiger partial charge in [0.1, 0.15) is 36.9 Å². The van der Waals surface area contributed by atoms with Crippen LogP contribution in [0.1, 0.15) is 27.7 Å². The van der Waals surface area contributed by atoms with Gasteiger partial charge in [-0.05, 0) is 52.0 Å². The summed E-state index contributed by atoms with van der Waals surface area (Å²) in [5.41, 5.74) is 0. The molecule has 32 heavy (non-hydrogen) atoms. The average Bonchev–Trinajstić information content (AvgIpc) is 2.70. The van der Waals surface area contributed by atoms with Gasteiger partial charge in [0.2, 0.25) is 0 Å². The molecule has 0 saturated carbocycles. The molecule has 2 aliphatic rings. The first-order valence-electron chi connectivity index (χ1n) is 11.7. The van der Waals surface area contributed by atoms with Crippen molar-refractivity contribution in [1.82, 2.24) is 9.80 Å². The Kier molecular flexibility index (Phi) is 9.58. The van der Waals surface area contributed by atoms with E-state index in [0.717, 1.165) is 26.2 Å². The zero-order chi connectivity index (χ0) is 23.1. The summed E-state index contributed by atoms with van der Waals surface area (Å²) in [6.45, 7) is 13.1. The van der Waals surface area contributed by atoms with Gasteiger partial charge in [0.25, 0.3) is 0 Å². The van der Waals surface area contributed by atoms with Crippen LogP contribution in [0, 0.1) is 0 Å². The van der Waals surface area contributed by atoms with E-state index >= 15 is 0 Å². The normalized spacial score (nSPS) is 29.4. The van der Waals surface area contributed by atoms with Gasteiger partial charge in [-0.15, -0.1) is 0 Å². The van der Waals surface area contributed by atoms with Crippen LogP contribution in [0.3, 0.4) is 0 Å². The van der Waals surface area contributed by atoms with Crippen LogP contribution in [0.25, 0.3) is 0 Å². The van der Waals surface area contributed by atoms with Crippen LogP contribution in [0.4, 0.5) is 0 Å². The highest BCUT2D eigenvalue weighted by molar-refractivity contribution is 5.31. The molecule has 0 aromatic heterocycles. The van der Waals surface area contributed by atoms with Crippen molar-refractivity contribution in [2.24, 2.45) is 0 Å². The minimum Gasteiger partial charge on any atom is -0.491 e. The maximum atomic E-state index is 10.3. The average molecular weight is 453 g/mol. The van der Waals surface area contributed by atoms with Gasteiger partial charge in [0.05, 0.1) is 24.4 Å². The van der Waals surface area contributed by atoms with Crippen molar-refractivity contribution in [2.45, 2.75) is 64.3 Å². The maximum absolute atomic E-state index is 10.3. The number of hydrogen-bond donors (Lipinski definition) is 2. The minimum atomic E-state index is -0.566. The minimum absolute atomic E-state index is 0.180. The summed E-state index contributed by atoms with van der Waals surface area (Å²) in [4.78, 5) is 4.43. The molecule has 1 aromatic carbocycles. The van der Waals surface area contributed by atoms with E-state index in [1.165, 1.54) is 0 Å². The van der Waals surface area contributed by atoms with E-state index in [1.807, 2.05) is 24.3 Å². The standard InChI is InChI=1S/C24H40N2O6/c1-17-9-25(10-18(2)31-17)13-21(27)15-29-23-5-7-24(8-6-23)30-16-22(28)14-26-11-19(3)32-20(4)12-26/h5-8,17-22,27-28H,9-16H2,1-4H3/t17-,18-,19-,20+,21-,22+/m0/s1. The first kappa shape index (κ1) is 25.2. The summed E-state index contributed by atoms with van der Waals surface area (Å²) < 4.78 is 22.9. The Morgan fingerprint density at radius 1 is 0.719 bits per heavy atom. The smallest absolute Gasteiger partial charge is 0.119 e. The van der Waals surface area contributed by atoms with Crippen LogP contribution in [0.2, 0.25) is 0 Å². The van der Waals surface area contributed by atoms with Crippen molar-refractivity contribution < 1.29 is 29.2 Å². The highest BCUT2D eigenvalue weighted by atomic mass is 16.5. The Bertz CT molecular complexity index is 598. The summed E-state index contributed by atoms with van der Waals surface area (Å²) in [6.07, 6.45) is -0.413. The second-order valence-corrected chi connectivity index (χ2v) is 9.35. The van der Waals surface area contributed by atoms with E-state index in [4.69, 9.17) is 18.9 Å². The number of benzene rings is 1. The van der Waals surface area contributed by atoms with Crippen molar-refractivity contribution in [2.75, 3.05) is 52.5 Å². The summed E-state index contributed by atoms with van der Waals surface area (Å²) in [6, 6.07) is 7.27. The number of β-amino-alcohol motifs (C(OH)–C–C–N with tert-alkyl or cyclic N) is 2. The lowest BCUT2D eigenvalue weighted by atomic mass is 10.2. The van der Waals surface area contributed by atoms with Crippen LogP contribution in [-0.4, -0.2) is 109 Å². The number of aliphatic hydroxyl groups excluding tert-OH is 2. The summed E-state index contributed by atoms with van der Waals surface area (Å²) in [7, 11) is 0. The Labute approximate surface area is 192 Å². The van der Waals surface area contributed by atoms with Crippen molar-refractivity contribution in [3.8, 4) is 11.5 Å². The number of hydrogen-bond acceptors (Lipinski definition) is 8. The zero-order valence-electron chi connectivity index (χ0n) is 19.9. The van der Waals surface area contributed by atoms with E-state index in [-0.39, 0.29) is 37.6 Å². The zero-order valence-corrected chi connectivity index (χ0v) is 19.9. The fourth-order valence-electron chi connectivity index (χ4n) is 4.59. The third kappa shape index (κ3) is 8.50. The molecular weight excluding hydrogens is 412 g/mol. The molecule has 8 nitrogen and oxygen atoms in total. The van der Waals surface area contributed by atoms with Crippen LogP contribution in [-0.2, 0) is 9.47 Å². The molecule has 3 rings (SSSR count). The van der Waals surface area contributed by atoms with E-state index in [2.05, 4.69) is 37.5 Å². The van der Waals surface area contributed by atoms with E-state index in [0.29, 0.717) is 24.6 Å². The molecule has 0 amide bonds. The lowest BCUT2D eigenvalue weighted by Gasteiger charge is -2.36. The molecule has 0 spiro atoms. The lowest BCUT2D eigenvalue weighted by Crippen LogP contribution is -2.48. The lowest BCUT2D eigenvalue weighted by molar-refractivity contribution is -0.0790. The van der Waals surface area contributed by atoms with Gasteiger partial charge in [-0.3, -0.25) is 9.80 Å². The Hall–Kier alpha value is -1.42. The maximum Gasteiger partial charge on any atom is 0.119 e. The fourth-order valence-corrected chi connectivity index (χ4v) is 4.59. The van der Waals surface area contributed by atoms with Crippen LogP contribution < -0.4 is 9.47 Å². The molecule has 0 bridgehead atoms. The number of aliphatic hydroxyl groups is 2. The number of morpholine rings is 2. The summed E-state index contributed by atoms with van der Waals surface area (Å²) in [5, 5.41) is 20.7. The highest BCUT2D eigenvalue weighted by Crippen LogP contribution is 2.19. The fraction of sp³-hybridized carbons (Fsp3) is 0.750. The Balaban J connectivity index is 1.34. The molecule has 2 aliphatic heterocycles. The largest absolute Gasteiger partial charge is 0.491 e. The summed E-state index contributed by atoms with van der Waals surface area (Å²) >= 11 is 0. The quantitative estimate of drug-likeness (QED) is 0.551. The van der Waals surface area contributed by atoms with Gasteiger partial charge in [-0.25, -0.2) is 0 Å². The first-order valence-corrected chi connectivity index (χ1v) is 11.7. The predicted molar refractivity (Wildman–Crippen MR) is 122 cm³/mol. The van der Waals surface area contributed by atoms with Gasteiger partial charge in [-0.1, -0.05) is 0 Å². The summed E-state index contributed by atoms with van der Waals surface area (Å²) in [5.74, 6) is 1.36. The van der Waals surface area contributed by atoms with Crippen LogP contribution in [0.5, 0.6) is 11.5 Å². The van der Waals surface area contributed by atoms with E-state index < -0.39 is 12.2 Å². The van der Waals surface area contributed by atoms with Gasteiger partial charge < -0.3 is 29.2 Å². The monoisotopic (exact) mass is 452 g/mol. The van der Waals surface area contributed by atoms with Gasteiger partial charge in [-0.2, -0.15) is 0 Å². The second kappa shape index (κ2) is 12.2. The second-order valence-electron chi connectivity index (χ2n) is 9.35. The number of nitrogens with zero attached hydrogens (tertiary/aromatic N) is 2. The topological polar surface area (TPSA) is 83.9 Å². The SMILES string of the molecule is C[C@@H]1CN(C[C@@H](O)COc2ccc(OC[C@@H](O)CN3C[C@H](C)O[C@@H](C)C3)cc2)C[C@H](C)O1. The molecule has 2 fully saturated rings. The Morgan fingerprint density at radius 3 is 1.34 bits per heavy atom. The number of ether oxygens (including phenoxy) is 4. The number of rotatable bonds is 10. The molecule has 6 atom stereocenters. The third-order valence-electron chi connectivity index (χ3n) is 5.64. The van der Waals surface area contributed by atoms with Crippen LogP contribution >= 0.6 is 0 Å². The van der Waals surface area contributed by atoms with E-state index in [9.17, 15) is 10.2 Å². The predicted octanol–water partition coefficient (Wildman–Crippen LogP) is 1.38. The molecule has 0 unspecified atom stereocenters. The van der Waals surface area contributed by atoms with Gasteiger partial charge in [0.15, 0.2) is 0 Å². The molecule has 8 heteroatoms. The van der Waals surface area contributed by atoms with E-state index in [1.54, 1.807) is 0 Å². The molecule has 2 N–H and O–H groups in total. The molecule has 182 valence electrons. The van der Waals surface area contributed by atoms with Gasteiger partial charge >= 0.3 is 0 Å². The first-order chi connectivity index (χ1) is 15.3. The van der Waals surface area contributed by atoms with Crippen molar-refractivity contribution in [1.29, 1.82) is 0 Å². The van der Waals surface area contributed by atoms with Gasteiger partial charge in [0, 0.05) is 39.3 Å². The third-order valence-corrected chi connectivity index (χ3v) is 5.64. The molecule has 0 radical (unpaired) electrons.